The van der Waals surface area contributed by atoms with Crippen LogP contribution < -0.4 is 9.62 Å². The lowest BCUT2D eigenvalue weighted by atomic mass is 10.0. The molecule has 1 unspecified atom stereocenters. The largest absolute Gasteiger partial charge is 0.379 e. The number of rotatable bonds is 8. The highest BCUT2D eigenvalue weighted by Gasteiger charge is 2.24. The van der Waals surface area contributed by atoms with E-state index in [1.54, 1.807) is 0 Å². The lowest BCUT2D eigenvalue weighted by Gasteiger charge is -2.35. The molecule has 7 heteroatoms. The highest BCUT2D eigenvalue weighted by Crippen LogP contribution is 2.24. The second-order valence-corrected chi connectivity index (χ2v) is 9.03. The number of hydrogen-bond acceptors (Lipinski definition) is 5. The summed E-state index contributed by atoms with van der Waals surface area (Å²) in [5, 5.41) is 0. The van der Waals surface area contributed by atoms with Crippen molar-refractivity contribution < 1.29 is 13.2 Å². The van der Waals surface area contributed by atoms with Crippen LogP contribution in [0.3, 0.4) is 0 Å². The van der Waals surface area contributed by atoms with Crippen LogP contribution in [0.1, 0.15) is 25.5 Å². The highest BCUT2D eigenvalue weighted by atomic mass is 32.2. The topological polar surface area (TPSA) is 61.9 Å². The maximum Gasteiger partial charge on any atom is 0.211 e. The number of nitrogens with zero attached hydrogens (tertiary/aromatic N) is 2. The fourth-order valence-electron chi connectivity index (χ4n) is 3.05. The molecule has 25 heavy (non-hydrogen) atoms. The van der Waals surface area contributed by atoms with Gasteiger partial charge in [0.25, 0.3) is 0 Å². The smallest absolute Gasteiger partial charge is 0.211 e. The molecule has 1 N–H and O–H groups in total. The fourth-order valence-corrected chi connectivity index (χ4v) is 4.45. The van der Waals surface area contributed by atoms with E-state index in [4.69, 9.17) is 4.74 Å². The van der Waals surface area contributed by atoms with Crippen LogP contribution in [-0.4, -0.2) is 66.0 Å². The van der Waals surface area contributed by atoms with Crippen molar-refractivity contribution >= 4 is 15.7 Å². The van der Waals surface area contributed by atoms with Crippen molar-refractivity contribution in [1.82, 2.24) is 9.62 Å². The Kier molecular flexibility index (Phi) is 7.25. The van der Waals surface area contributed by atoms with Crippen molar-refractivity contribution in [1.29, 1.82) is 0 Å². The van der Waals surface area contributed by atoms with Gasteiger partial charge in [-0.1, -0.05) is 26.0 Å². The molecule has 0 aliphatic carbocycles. The molecule has 1 fully saturated rings. The van der Waals surface area contributed by atoms with Crippen LogP contribution in [0, 0.1) is 5.92 Å². The van der Waals surface area contributed by atoms with E-state index in [2.05, 4.69) is 38.8 Å². The van der Waals surface area contributed by atoms with Gasteiger partial charge in [0.05, 0.1) is 19.0 Å². The van der Waals surface area contributed by atoms with Gasteiger partial charge in [-0.15, -0.1) is 0 Å². The quantitative estimate of drug-likeness (QED) is 0.756. The zero-order valence-electron chi connectivity index (χ0n) is 15.7. The van der Waals surface area contributed by atoms with Crippen LogP contribution in [0.2, 0.25) is 0 Å². The SMILES string of the molecule is CC(C)CS(=O)(=O)NCC(c1ccc(N(C)C)cc1)N1CCOCC1. The summed E-state index contributed by atoms with van der Waals surface area (Å²) in [5.74, 6) is 0.265. The summed E-state index contributed by atoms with van der Waals surface area (Å²) >= 11 is 0. The van der Waals surface area contributed by atoms with Gasteiger partial charge in [0.2, 0.25) is 10.0 Å². The van der Waals surface area contributed by atoms with Crippen LogP contribution in [0.4, 0.5) is 5.69 Å². The monoisotopic (exact) mass is 369 g/mol. The van der Waals surface area contributed by atoms with Crippen molar-refractivity contribution in [2.45, 2.75) is 19.9 Å². The van der Waals surface area contributed by atoms with Crippen molar-refractivity contribution in [3.63, 3.8) is 0 Å². The van der Waals surface area contributed by atoms with Gasteiger partial charge in [-0.25, -0.2) is 13.1 Å². The molecule has 1 aromatic carbocycles. The summed E-state index contributed by atoms with van der Waals surface area (Å²) in [6, 6.07) is 8.34. The zero-order chi connectivity index (χ0) is 18.4. The first kappa shape index (κ1) is 20.2. The van der Waals surface area contributed by atoms with Crippen LogP contribution in [-0.2, 0) is 14.8 Å². The Morgan fingerprint density at radius 1 is 1.16 bits per heavy atom. The fraction of sp³-hybridized carbons (Fsp3) is 0.667. The summed E-state index contributed by atoms with van der Waals surface area (Å²) in [5.41, 5.74) is 2.25. The maximum absolute atomic E-state index is 12.2. The van der Waals surface area contributed by atoms with E-state index in [0.29, 0.717) is 19.8 Å². The van der Waals surface area contributed by atoms with Crippen LogP contribution >= 0.6 is 0 Å². The molecule has 0 radical (unpaired) electrons. The molecule has 0 spiro atoms. The molecule has 1 saturated heterocycles. The second kappa shape index (κ2) is 8.98. The third-order valence-electron chi connectivity index (χ3n) is 4.33. The van der Waals surface area contributed by atoms with Gasteiger partial charge in [0.15, 0.2) is 0 Å². The van der Waals surface area contributed by atoms with E-state index in [9.17, 15) is 8.42 Å². The third kappa shape index (κ3) is 6.26. The summed E-state index contributed by atoms with van der Waals surface area (Å²) < 4.78 is 32.7. The number of sulfonamides is 1. The second-order valence-electron chi connectivity index (χ2n) is 7.17. The lowest BCUT2D eigenvalue weighted by Crippen LogP contribution is -2.44. The van der Waals surface area contributed by atoms with E-state index in [-0.39, 0.29) is 17.7 Å². The molecule has 1 aromatic rings. The van der Waals surface area contributed by atoms with Crippen molar-refractivity contribution in [2.24, 2.45) is 5.92 Å². The minimum absolute atomic E-state index is 0.0158. The Morgan fingerprint density at radius 3 is 2.28 bits per heavy atom. The molecule has 0 bridgehead atoms. The first-order chi connectivity index (χ1) is 11.8. The minimum atomic E-state index is -3.26. The summed E-state index contributed by atoms with van der Waals surface area (Å²) in [4.78, 5) is 4.35. The molecule has 1 heterocycles. The Labute approximate surface area is 152 Å². The molecule has 142 valence electrons. The zero-order valence-corrected chi connectivity index (χ0v) is 16.6. The minimum Gasteiger partial charge on any atom is -0.379 e. The predicted octanol–water partition coefficient (Wildman–Crippen LogP) is 1.70. The first-order valence-corrected chi connectivity index (χ1v) is 10.5. The predicted molar refractivity (Wildman–Crippen MR) is 103 cm³/mol. The number of ether oxygens (including phenoxy) is 1. The molecule has 0 aromatic heterocycles. The molecule has 2 rings (SSSR count). The molecule has 1 aliphatic heterocycles. The first-order valence-electron chi connectivity index (χ1n) is 8.85. The van der Waals surface area contributed by atoms with Gasteiger partial charge < -0.3 is 9.64 Å². The summed E-state index contributed by atoms with van der Waals surface area (Å²) in [7, 11) is 0.757. The van der Waals surface area contributed by atoms with Gasteiger partial charge in [-0.3, -0.25) is 4.90 Å². The standard InChI is InChI=1S/C18H31N3O3S/c1-15(2)14-25(22,23)19-13-18(21-9-11-24-12-10-21)16-5-7-17(8-6-16)20(3)4/h5-8,15,18-19H,9-14H2,1-4H3. The molecule has 0 saturated carbocycles. The average molecular weight is 370 g/mol. The van der Waals surface area contributed by atoms with Gasteiger partial charge in [0, 0.05) is 45.5 Å². The van der Waals surface area contributed by atoms with Crippen LogP contribution in [0.25, 0.3) is 0 Å². The van der Waals surface area contributed by atoms with Crippen LogP contribution in [0.5, 0.6) is 0 Å². The van der Waals surface area contributed by atoms with E-state index < -0.39 is 10.0 Å². The van der Waals surface area contributed by atoms with Gasteiger partial charge >= 0.3 is 0 Å². The third-order valence-corrected chi connectivity index (χ3v) is 6.04. The Balaban J connectivity index is 2.15. The molecular weight excluding hydrogens is 338 g/mol. The average Bonchev–Trinajstić information content (AvgIpc) is 2.55. The van der Waals surface area contributed by atoms with Crippen molar-refractivity contribution in [2.75, 3.05) is 57.6 Å². The van der Waals surface area contributed by atoms with Gasteiger partial charge in [-0.05, 0) is 23.6 Å². The molecule has 1 atom stereocenters. The normalized spacial score (nSPS) is 17.6. The summed E-state index contributed by atoms with van der Waals surface area (Å²) in [6.45, 7) is 7.21. The molecular formula is C18H31N3O3S. The Hall–Kier alpha value is -1.15. The Bertz CT molecular complexity index is 623. The van der Waals surface area contributed by atoms with E-state index in [1.165, 1.54) is 0 Å². The maximum atomic E-state index is 12.2. The number of anilines is 1. The Morgan fingerprint density at radius 2 is 1.76 bits per heavy atom. The number of nitrogens with one attached hydrogen (secondary N) is 1. The molecule has 6 nitrogen and oxygen atoms in total. The van der Waals surface area contributed by atoms with Crippen molar-refractivity contribution in [3.8, 4) is 0 Å². The molecule has 0 amide bonds. The summed E-state index contributed by atoms with van der Waals surface area (Å²) in [6.07, 6.45) is 0. The van der Waals surface area contributed by atoms with E-state index in [1.807, 2.05) is 27.9 Å². The van der Waals surface area contributed by atoms with Crippen molar-refractivity contribution in [3.05, 3.63) is 29.8 Å². The molecule has 1 aliphatic rings. The van der Waals surface area contributed by atoms with Gasteiger partial charge in [-0.2, -0.15) is 0 Å². The van der Waals surface area contributed by atoms with Gasteiger partial charge in [0.1, 0.15) is 0 Å². The number of hydrogen-bond donors (Lipinski definition) is 1. The number of morpholine rings is 1. The number of benzene rings is 1. The van der Waals surface area contributed by atoms with E-state index >= 15 is 0 Å². The van der Waals surface area contributed by atoms with Crippen LogP contribution in [0.15, 0.2) is 24.3 Å². The van der Waals surface area contributed by atoms with E-state index in [0.717, 1.165) is 24.3 Å². The highest BCUT2D eigenvalue weighted by molar-refractivity contribution is 7.89. The lowest BCUT2D eigenvalue weighted by molar-refractivity contribution is 0.0172.